The molecule has 1 atom stereocenters. The van der Waals surface area contributed by atoms with Crippen LogP contribution in [0.15, 0.2) is 29.6 Å². The minimum Gasteiger partial charge on any atom is -0.319 e. The van der Waals surface area contributed by atoms with Gasteiger partial charge in [-0.3, -0.25) is 0 Å². The summed E-state index contributed by atoms with van der Waals surface area (Å²) >= 11 is 7.02. The Hall–Kier alpha value is -1.11. The van der Waals surface area contributed by atoms with Crippen LogP contribution in [0, 0.1) is 5.82 Å². The predicted octanol–water partition coefficient (Wildman–Crippen LogP) is 4.61. The zero-order valence-electron chi connectivity index (χ0n) is 9.34. The number of rotatable bonds is 2. The summed E-state index contributed by atoms with van der Waals surface area (Å²) in [5.74, 6) is -1.35. The maximum absolute atomic E-state index is 13.9. The van der Waals surface area contributed by atoms with Crippen LogP contribution in [-0.2, 0) is 6.18 Å². The third kappa shape index (κ3) is 2.75. The van der Waals surface area contributed by atoms with Crippen LogP contribution in [0.2, 0.25) is 5.02 Å². The first-order valence-electron chi connectivity index (χ1n) is 5.16. The van der Waals surface area contributed by atoms with E-state index in [-0.39, 0.29) is 5.56 Å². The van der Waals surface area contributed by atoms with Gasteiger partial charge in [-0.15, -0.1) is 11.3 Å². The summed E-state index contributed by atoms with van der Waals surface area (Å²) in [4.78, 5) is 0.430. The number of hydrogen-bond donors (Lipinski definition) is 1. The molecular weight excluding hydrogens is 302 g/mol. The van der Waals surface area contributed by atoms with Crippen molar-refractivity contribution in [2.45, 2.75) is 12.2 Å². The molecular formula is C12H8ClF4NS. The van der Waals surface area contributed by atoms with Crippen LogP contribution in [-0.4, -0.2) is 0 Å². The zero-order chi connectivity index (χ0) is 14.2. The monoisotopic (exact) mass is 309 g/mol. The topological polar surface area (TPSA) is 26.0 Å². The van der Waals surface area contributed by atoms with E-state index in [4.69, 9.17) is 17.3 Å². The summed E-state index contributed by atoms with van der Waals surface area (Å²) in [5.41, 5.74) is 4.24. The van der Waals surface area contributed by atoms with Gasteiger partial charge in [0.15, 0.2) is 0 Å². The van der Waals surface area contributed by atoms with Crippen molar-refractivity contribution in [1.82, 2.24) is 0 Å². The highest BCUT2D eigenvalue weighted by Crippen LogP contribution is 2.37. The Morgan fingerprint density at radius 3 is 2.42 bits per heavy atom. The number of hydrogen-bond acceptors (Lipinski definition) is 2. The highest BCUT2D eigenvalue weighted by molar-refractivity contribution is 7.10. The van der Waals surface area contributed by atoms with Crippen LogP contribution in [0.4, 0.5) is 17.6 Å². The Bertz CT molecular complexity index is 594. The smallest absolute Gasteiger partial charge is 0.319 e. The van der Waals surface area contributed by atoms with Crippen LogP contribution in [0.1, 0.15) is 22.0 Å². The summed E-state index contributed by atoms with van der Waals surface area (Å²) in [7, 11) is 0. The second-order valence-electron chi connectivity index (χ2n) is 3.82. The fourth-order valence-corrected chi connectivity index (χ4v) is 2.87. The van der Waals surface area contributed by atoms with E-state index in [1.807, 2.05) is 0 Å². The zero-order valence-corrected chi connectivity index (χ0v) is 10.9. The summed E-state index contributed by atoms with van der Waals surface area (Å²) in [6.07, 6.45) is -4.75. The molecule has 0 radical (unpaired) electrons. The minimum absolute atomic E-state index is 0.223. The molecule has 1 aromatic carbocycles. The third-order valence-corrected chi connectivity index (χ3v) is 4.04. The molecule has 0 spiro atoms. The van der Waals surface area contributed by atoms with E-state index in [9.17, 15) is 17.6 Å². The van der Waals surface area contributed by atoms with Crippen molar-refractivity contribution in [3.8, 4) is 0 Å². The molecule has 0 saturated heterocycles. The van der Waals surface area contributed by atoms with E-state index in [0.29, 0.717) is 16.0 Å². The van der Waals surface area contributed by atoms with Gasteiger partial charge < -0.3 is 5.73 Å². The quantitative estimate of drug-likeness (QED) is 0.806. The predicted molar refractivity (Wildman–Crippen MR) is 66.8 cm³/mol. The van der Waals surface area contributed by atoms with Gasteiger partial charge in [-0.05, 0) is 17.5 Å². The SMILES string of the molecule is NC(c1cccc(C(F)(F)F)c1F)c1sccc1Cl. The Kier molecular flexibility index (Phi) is 3.85. The normalized spacial score (nSPS) is 13.6. The summed E-state index contributed by atoms with van der Waals surface area (Å²) in [5, 5.41) is 1.96. The molecule has 2 N–H and O–H groups in total. The molecule has 19 heavy (non-hydrogen) atoms. The summed E-state index contributed by atoms with van der Waals surface area (Å²) in [6.45, 7) is 0. The Labute approximate surface area is 115 Å². The fourth-order valence-electron chi connectivity index (χ4n) is 1.68. The first-order chi connectivity index (χ1) is 8.82. The van der Waals surface area contributed by atoms with Crippen molar-refractivity contribution < 1.29 is 17.6 Å². The Morgan fingerprint density at radius 1 is 1.21 bits per heavy atom. The molecule has 102 valence electrons. The number of thiophene rings is 1. The molecule has 0 aliphatic carbocycles. The standard InChI is InChI=1S/C12H8ClF4NS/c13-8-4-5-19-11(8)10(18)6-2-1-3-7(9(6)14)12(15,16)17/h1-5,10H,18H2. The van der Waals surface area contributed by atoms with E-state index in [0.717, 1.165) is 6.07 Å². The molecule has 1 nitrogen and oxygen atoms in total. The number of halogens is 5. The maximum Gasteiger partial charge on any atom is 0.419 e. The average Bonchev–Trinajstić information content (AvgIpc) is 2.73. The Morgan fingerprint density at radius 2 is 1.89 bits per heavy atom. The van der Waals surface area contributed by atoms with Crippen LogP contribution in [0.5, 0.6) is 0 Å². The van der Waals surface area contributed by atoms with Crippen LogP contribution >= 0.6 is 22.9 Å². The van der Waals surface area contributed by atoms with Crippen LogP contribution in [0.3, 0.4) is 0 Å². The molecule has 0 saturated carbocycles. The first kappa shape index (κ1) is 14.3. The molecule has 7 heteroatoms. The van der Waals surface area contributed by atoms with Crippen LogP contribution in [0.25, 0.3) is 0 Å². The molecule has 1 unspecified atom stereocenters. The molecule has 0 bridgehead atoms. The van der Waals surface area contributed by atoms with E-state index in [2.05, 4.69) is 0 Å². The minimum atomic E-state index is -4.75. The largest absolute Gasteiger partial charge is 0.419 e. The molecule has 2 rings (SSSR count). The molecule has 1 heterocycles. The van der Waals surface area contributed by atoms with E-state index in [1.54, 1.807) is 11.4 Å². The van der Waals surface area contributed by atoms with E-state index < -0.39 is 23.6 Å². The third-order valence-electron chi connectivity index (χ3n) is 2.60. The lowest BCUT2D eigenvalue weighted by Crippen LogP contribution is -2.16. The highest BCUT2D eigenvalue weighted by atomic mass is 35.5. The molecule has 0 amide bonds. The van der Waals surface area contributed by atoms with Gasteiger partial charge in [0.05, 0.1) is 16.6 Å². The summed E-state index contributed by atoms with van der Waals surface area (Å²) < 4.78 is 51.7. The second-order valence-corrected chi connectivity index (χ2v) is 5.17. The maximum atomic E-state index is 13.9. The van der Waals surface area contributed by atoms with E-state index in [1.165, 1.54) is 17.4 Å². The van der Waals surface area contributed by atoms with Crippen molar-refractivity contribution in [2.75, 3.05) is 0 Å². The lowest BCUT2D eigenvalue weighted by Gasteiger charge is -2.15. The molecule has 1 aromatic heterocycles. The van der Waals surface area contributed by atoms with Crippen LogP contribution < -0.4 is 5.73 Å². The lowest BCUT2D eigenvalue weighted by molar-refractivity contribution is -0.140. The number of benzene rings is 1. The summed E-state index contributed by atoms with van der Waals surface area (Å²) in [6, 6.07) is 3.58. The van der Waals surface area contributed by atoms with Gasteiger partial charge in [0, 0.05) is 10.4 Å². The molecule has 0 fully saturated rings. The van der Waals surface area contributed by atoms with Crippen molar-refractivity contribution in [3.63, 3.8) is 0 Å². The van der Waals surface area contributed by atoms with Gasteiger partial charge >= 0.3 is 6.18 Å². The second kappa shape index (κ2) is 5.11. The first-order valence-corrected chi connectivity index (χ1v) is 6.42. The Balaban J connectivity index is 2.50. The van der Waals surface area contributed by atoms with Gasteiger partial charge in [-0.2, -0.15) is 13.2 Å². The highest BCUT2D eigenvalue weighted by Gasteiger charge is 2.35. The van der Waals surface area contributed by atoms with Gasteiger partial charge in [-0.25, -0.2) is 4.39 Å². The molecule has 0 aliphatic heterocycles. The molecule has 2 aromatic rings. The van der Waals surface area contributed by atoms with Gasteiger partial charge in [0.25, 0.3) is 0 Å². The van der Waals surface area contributed by atoms with Gasteiger partial charge in [0.1, 0.15) is 5.82 Å². The van der Waals surface area contributed by atoms with Gasteiger partial charge in [0.2, 0.25) is 0 Å². The number of alkyl halides is 3. The average molecular weight is 310 g/mol. The van der Waals surface area contributed by atoms with Crippen molar-refractivity contribution >= 4 is 22.9 Å². The van der Waals surface area contributed by atoms with E-state index >= 15 is 0 Å². The fraction of sp³-hybridized carbons (Fsp3) is 0.167. The van der Waals surface area contributed by atoms with Crippen molar-refractivity contribution in [1.29, 1.82) is 0 Å². The molecule has 0 aliphatic rings. The number of nitrogens with two attached hydrogens (primary N) is 1. The van der Waals surface area contributed by atoms with Crippen molar-refractivity contribution in [2.24, 2.45) is 5.73 Å². The van der Waals surface area contributed by atoms with Crippen molar-refractivity contribution in [3.05, 3.63) is 56.5 Å². The lowest BCUT2D eigenvalue weighted by atomic mass is 10.0. The van der Waals surface area contributed by atoms with Gasteiger partial charge in [-0.1, -0.05) is 23.7 Å².